The number of hydrogen-bond acceptors (Lipinski definition) is 4. The molecule has 6 nitrogen and oxygen atoms in total. The van der Waals surface area contributed by atoms with Crippen molar-refractivity contribution < 1.29 is 17.9 Å². The summed E-state index contributed by atoms with van der Waals surface area (Å²) < 4.78 is 41.9. The second kappa shape index (κ2) is 6.33. The summed E-state index contributed by atoms with van der Waals surface area (Å²) in [5.74, 6) is -0.674. The van der Waals surface area contributed by atoms with Gasteiger partial charge in [-0.25, -0.2) is 17.5 Å². The maximum absolute atomic E-state index is 13.3. The number of aromatic nitrogens is 2. The van der Waals surface area contributed by atoms with Crippen molar-refractivity contribution in [1.82, 2.24) is 14.5 Å². The Bertz CT molecular complexity index is 701. The molecular formula is C13H16FN3O3S. The molecular weight excluding hydrogens is 297 g/mol. The zero-order valence-electron chi connectivity index (χ0n) is 11.4. The third kappa shape index (κ3) is 3.87. The van der Waals surface area contributed by atoms with Crippen LogP contribution in [0.15, 0.2) is 41.6 Å². The van der Waals surface area contributed by atoms with Gasteiger partial charge in [-0.2, -0.15) is 5.10 Å². The third-order valence-electron chi connectivity index (χ3n) is 2.87. The first kappa shape index (κ1) is 15.6. The molecule has 1 atom stereocenters. The standard InChI is InChI=1S/C13H16FN3O3S/c1-10(8-17-6-2-5-15-17)16-21(19,20)13-7-12(14)4-3-11(13)9-18/h2-7,10,16,18H,8-9H2,1H3. The summed E-state index contributed by atoms with van der Waals surface area (Å²) in [4.78, 5) is -0.252. The van der Waals surface area contributed by atoms with Gasteiger partial charge in [0.15, 0.2) is 0 Å². The fraction of sp³-hybridized carbons (Fsp3) is 0.308. The Morgan fingerprint density at radius 2 is 2.24 bits per heavy atom. The first-order chi connectivity index (χ1) is 9.92. The van der Waals surface area contributed by atoms with Gasteiger partial charge in [-0.1, -0.05) is 6.07 Å². The summed E-state index contributed by atoms with van der Waals surface area (Å²) >= 11 is 0. The number of aliphatic hydroxyl groups excluding tert-OH is 1. The molecule has 0 spiro atoms. The molecule has 1 aromatic heterocycles. The molecule has 1 aromatic carbocycles. The highest BCUT2D eigenvalue weighted by Crippen LogP contribution is 2.17. The summed E-state index contributed by atoms with van der Waals surface area (Å²) in [5, 5.41) is 13.2. The largest absolute Gasteiger partial charge is 0.392 e. The summed E-state index contributed by atoms with van der Waals surface area (Å²) in [7, 11) is -3.92. The SMILES string of the molecule is CC(Cn1cccn1)NS(=O)(=O)c1cc(F)ccc1CO. The Hall–Kier alpha value is -1.77. The first-order valence-electron chi connectivity index (χ1n) is 6.31. The van der Waals surface area contributed by atoms with E-state index in [0.717, 1.165) is 12.1 Å². The zero-order chi connectivity index (χ0) is 15.5. The Balaban J connectivity index is 2.20. The molecule has 0 aliphatic carbocycles. The van der Waals surface area contributed by atoms with Gasteiger partial charge in [-0.3, -0.25) is 4.68 Å². The van der Waals surface area contributed by atoms with Crippen molar-refractivity contribution in [3.8, 4) is 0 Å². The topological polar surface area (TPSA) is 84.2 Å². The summed E-state index contributed by atoms with van der Waals surface area (Å²) in [6.07, 6.45) is 3.31. The molecule has 0 aliphatic heterocycles. The smallest absolute Gasteiger partial charge is 0.241 e. The van der Waals surface area contributed by atoms with Crippen LogP contribution in [0.5, 0.6) is 0 Å². The Labute approximate surface area is 122 Å². The molecule has 21 heavy (non-hydrogen) atoms. The van der Waals surface area contributed by atoms with Crippen molar-refractivity contribution in [3.05, 3.63) is 48.0 Å². The van der Waals surface area contributed by atoms with Crippen LogP contribution in [0.2, 0.25) is 0 Å². The van der Waals surface area contributed by atoms with E-state index >= 15 is 0 Å². The van der Waals surface area contributed by atoms with E-state index in [2.05, 4.69) is 9.82 Å². The van der Waals surface area contributed by atoms with Gasteiger partial charge in [0, 0.05) is 18.4 Å². The second-order valence-electron chi connectivity index (χ2n) is 4.66. The van der Waals surface area contributed by atoms with Gasteiger partial charge in [-0.05, 0) is 30.7 Å². The van der Waals surface area contributed by atoms with Crippen molar-refractivity contribution in [3.63, 3.8) is 0 Å². The lowest BCUT2D eigenvalue weighted by Gasteiger charge is -2.16. The lowest BCUT2D eigenvalue weighted by atomic mass is 10.2. The van der Waals surface area contributed by atoms with Crippen molar-refractivity contribution in [2.45, 2.75) is 31.0 Å². The molecule has 0 fully saturated rings. The van der Waals surface area contributed by atoms with E-state index in [1.165, 1.54) is 6.07 Å². The normalized spacial score (nSPS) is 13.3. The molecule has 114 valence electrons. The van der Waals surface area contributed by atoms with Crippen LogP contribution in [0.25, 0.3) is 0 Å². The minimum absolute atomic E-state index is 0.148. The number of nitrogens with zero attached hydrogens (tertiary/aromatic N) is 2. The predicted molar refractivity (Wildman–Crippen MR) is 74.3 cm³/mol. The van der Waals surface area contributed by atoms with E-state index in [-0.39, 0.29) is 10.5 Å². The Morgan fingerprint density at radius 1 is 1.48 bits per heavy atom. The van der Waals surface area contributed by atoms with Crippen LogP contribution in [0, 0.1) is 5.82 Å². The number of rotatable bonds is 6. The van der Waals surface area contributed by atoms with Gasteiger partial charge in [0.1, 0.15) is 5.82 Å². The van der Waals surface area contributed by atoms with Crippen LogP contribution < -0.4 is 4.72 Å². The van der Waals surface area contributed by atoms with Gasteiger partial charge >= 0.3 is 0 Å². The number of aliphatic hydroxyl groups is 1. The number of halogens is 1. The van der Waals surface area contributed by atoms with Gasteiger partial charge in [0.2, 0.25) is 10.0 Å². The molecule has 2 rings (SSSR count). The average Bonchev–Trinajstić information content (AvgIpc) is 2.90. The van der Waals surface area contributed by atoms with Crippen LogP contribution >= 0.6 is 0 Å². The van der Waals surface area contributed by atoms with Gasteiger partial charge < -0.3 is 5.11 Å². The minimum Gasteiger partial charge on any atom is -0.392 e. The summed E-state index contributed by atoms with van der Waals surface area (Å²) in [5.41, 5.74) is 0.148. The van der Waals surface area contributed by atoms with E-state index in [9.17, 15) is 17.9 Å². The lowest BCUT2D eigenvalue weighted by Crippen LogP contribution is -2.36. The molecule has 8 heteroatoms. The third-order valence-corrected chi connectivity index (χ3v) is 4.54. The molecule has 0 bridgehead atoms. The molecule has 1 unspecified atom stereocenters. The quantitative estimate of drug-likeness (QED) is 0.829. The monoisotopic (exact) mass is 313 g/mol. The van der Waals surface area contributed by atoms with E-state index < -0.39 is 28.5 Å². The zero-order valence-corrected chi connectivity index (χ0v) is 12.2. The number of sulfonamides is 1. The van der Waals surface area contributed by atoms with Crippen molar-refractivity contribution in [2.24, 2.45) is 0 Å². The highest BCUT2D eigenvalue weighted by Gasteiger charge is 2.21. The molecule has 0 saturated heterocycles. The average molecular weight is 313 g/mol. The molecule has 0 radical (unpaired) electrons. The predicted octanol–water partition coefficient (Wildman–Crippen LogP) is 0.882. The van der Waals surface area contributed by atoms with E-state index in [0.29, 0.717) is 6.54 Å². The fourth-order valence-electron chi connectivity index (χ4n) is 1.96. The van der Waals surface area contributed by atoms with E-state index in [1.54, 1.807) is 30.1 Å². The van der Waals surface area contributed by atoms with Crippen LogP contribution in [-0.4, -0.2) is 29.3 Å². The van der Waals surface area contributed by atoms with Gasteiger partial charge in [0.25, 0.3) is 0 Å². The number of nitrogens with one attached hydrogen (secondary N) is 1. The molecule has 0 saturated carbocycles. The number of hydrogen-bond donors (Lipinski definition) is 2. The van der Waals surface area contributed by atoms with E-state index in [4.69, 9.17) is 0 Å². The van der Waals surface area contributed by atoms with E-state index in [1.807, 2.05) is 0 Å². The molecule has 1 heterocycles. The maximum atomic E-state index is 13.3. The molecule has 0 amide bonds. The van der Waals surface area contributed by atoms with Crippen LogP contribution in [0.1, 0.15) is 12.5 Å². The molecule has 0 aliphatic rings. The van der Waals surface area contributed by atoms with Crippen molar-refractivity contribution in [1.29, 1.82) is 0 Å². The summed E-state index contributed by atoms with van der Waals surface area (Å²) in [6, 6.07) is 4.55. The highest BCUT2D eigenvalue weighted by atomic mass is 32.2. The first-order valence-corrected chi connectivity index (χ1v) is 7.80. The maximum Gasteiger partial charge on any atom is 0.241 e. The van der Waals surface area contributed by atoms with Crippen LogP contribution in [-0.2, 0) is 23.2 Å². The Kier molecular flexibility index (Phi) is 4.71. The van der Waals surface area contributed by atoms with Crippen LogP contribution in [0.3, 0.4) is 0 Å². The van der Waals surface area contributed by atoms with Crippen LogP contribution in [0.4, 0.5) is 4.39 Å². The van der Waals surface area contributed by atoms with Crippen molar-refractivity contribution in [2.75, 3.05) is 0 Å². The minimum atomic E-state index is -3.92. The fourth-order valence-corrected chi connectivity index (χ4v) is 3.44. The number of benzene rings is 1. The van der Waals surface area contributed by atoms with Gasteiger partial charge in [0.05, 0.1) is 18.0 Å². The Morgan fingerprint density at radius 3 is 2.86 bits per heavy atom. The lowest BCUT2D eigenvalue weighted by molar-refractivity contribution is 0.278. The summed E-state index contributed by atoms with van der Waals surface area (Å²) in [6.45, 7) is 1.54. The molecule has 2 aromatic rings. The van der Waals surface area contributed by atoms with Gasteiger partial charge in [-0.15, -0.1) is 0 Å². The molecule has 2 N–H and O–H groups in total. The highest BCUT2D eigenvalue weighted by molar-refractivity contribution is 7.89. The second-order valence-corrected chi connectivity index (χ2v) is 6.34. The van der Waals surface area contributed by atoms with Crippen molar-refractivity contribution >= 4 is 10.0 Å².